The van der Waals surface area contributed by atoms with E-state index in [0.717, 1.165) is 18.5 Å². The second-order valence-corrected chi connectivity index (χ2v) is 4.99. The molecule has 1 aromatic rings. The van der Waals surface area contributed by atoms with E-state index >= 15 is 0 Å². The van der Waals surface area contributed by atoms with Crippen molar-refractivity contribution in [1.82, 2.24) is 4.98 Å². The molecule has 1 aromatic heterocycles. The quantitative estimate of drug-likeness (QED) is 0.911. The van der Waals surface area contributed by atoms with E-state index < -0.39 is 23.4 Å². The average molecular weight is 262 g/mol. The zero-order valence-electron chi connectivity index (χ0n) is 10.6. The average Bonchev–Trinajstić information content (AvgIpc) is 2.24. The maximum atomic E-state index is 12.8. The molecule has 0 aliphatic carbocycles. The van der Waals surface area contributed by atoms with Gasteiger partial charge in [-0.2, -0.15) is 13.2 Å². The Hall–Kier alpha value is -1.14. The molecule has 0 aliphatic rings. The fourth-order valence-electron chi connectivity index (χ4n) is 1.39. The van der Waals surface area contributed by atoms with Crippen LogP contribution >= 0.6 is 0 Å². The minimum absolute atomic E-state index is 0.0122. The zero-order chi connectivity index (χ0) is 14.0. The number of ether oxygens (including phenoxy) is 1. The minimum atomic E-state index is -4.43. The van der Waals surface area contributed by atoms with Crippen molar-refractivity contribution in [2.24, 2.45) is 5.73 Å². The zero-order valence-corrected chi connectivity index (χ0v) is 10.6. The van der Waals surface area contributed by atoms with Gasteiger partial charge >= 0.3 is 6.18 Å². The van der Waals surface area contributed by atoms with E-state index in [9.17, 15) is 13.2 Å². The van der Waals surface area contributed by atoms with Gasteiger partial charge in [0.25, 0.3) is 0 Å². The fourth-order valence-corrected chi connectivity index (χ4v) is 1.39. The minimum Gasteiger partial charge on any atom is -0.374 e. The first kappa shape index (κ1) is 14.9. The van der Waals surface area contributed by atoms with Crippen LogP contribution in [0.3, 0.4) is 0 Å². The summed E-state index contributed by atoms with van der Waals surface area (Å²) >= 11 is 0. The Bertz CT molecular complexity index is 399. The smallest absolute Gasteiger partial charge is 0.374 e. The Labute approximate surface area is 104 Å². The van der Waals surface area contributed by atoms with Crippen LogP contribution in [0.25, 0.3) is 0 Å². The Balaban J connectivity index is 2.89. The molecule has 0 saturated carbocycles. The lowest BCUT2D eigenvalue weighted by atomic mass is 10.0. The molecule has 102 valence electrons. The molecular weight excluding hydrogens is 245 g/mol. The first-order valence-electron chi connectivity index (χ1n) is 5.52. The van der Waals surface area contributed by atoms with Crippen molar-refractivity contribution in [2.75, 3.05) is 6.61 Å². The predicted molar refractivity (Wildman–Crippen MR) is 61.9 cm³/mol. The number of alkyl halides is 3. The van der Waals surface area contributed by atoms with Crippen molar-refractivity contribution in [1.29, 1.82) is 0 Å². The monoisotopic (exact) mass is 262 g/mol. The van der Waals surface area contributed by atoms with Gasteiger partial charge in [0.05, 0.1) is 23.8 Å². The highest BCUT2D eigenvalue weighted by Crippen LogP contribution is 2.33. The largest absolute Gasteiger partial charge is 0.416 e. The van der Waals surface area contributed by atoms with Crippen LogP contribution in [0, 0.1) is 0 Å². The van der Waals surface area contributed by atoms with Gasteiger partial charge in [-0.05, 0) is 26.8 Å². The van der Waals surface area contributed by atoms with Gasteiger partial charge in [0.15, 0.2) is 0 Å². The van der Waals surface area contributed by atoms with Crippen molar-refractivity contribution in [2.45, 2.75) is 38.6 Å². The van der Waals surface area contributed by atoms with Crippen LogP contribution in [0.1, 0.15) is 37.9 Å². The number of pyridine rings is 1. The molecule has 0 radical (unpaired) electrons. The van der Waals surface area contributed by atoms with Gasteiger partial charge < -0.3 is 10.5 Å². The highest BCUT2D eigenvalue weighted by atomic mass is 19.4. The standard InChI is InChI=1S/C12H17F3N2O/c1-11(2,3)18-7-10(16)8-6-17-5-4-9(8)12(13,14)15/h4-6,10H,7,16H2,1-3H3. The van der Waals surface area contributed by atoms with E-state index in [1.54, 1.807) is 0 Å². The number of hydrogen-bond acceptors (Lipinski definition) is 3. The van der Waals surface area contributed by atoms with E-state index in [2.05, 4.69) is 4.98 Å². The van der Waals surface area contributed by atoms with Gasteiger partial charge in [-0.1, -0.05) is 0 Å². The molecule has 0 aromatic carbocycles. The molecule has 1 heterocycles. The van der Waals surface area contributed by atoms with Crippen LogP contribution < -0.4 is 5.73 Å². The van der Waals surface area contributed by atoms with Gasteiger partial charge in [-0.3, -0.25) is 4.98 Å². The van der Waals surface area contributed by atoms with E-state index in [0.29, 0.717) is 0 Å². The summed E-state index contributed by atoms with van der Waals surface area (Å²) in [5.41, 5.74) is 4.48. The number of nitrogens with two attached hydrogens (primary N) is 1. The van der Waals surface area contributed by atoms with Crippen LogP contribution in [-0.2, 0) is 10.9 Å². The van der Waals surface area contributed by atoms with Crippen LogP contribution in [-0.4, -0.2) is 17.2 Å². The first-order chi connectivity index (χ1) is 8.11. The second-order valence-electron chi connectivity index (χ2n) is 4.99. The molecule has 0 aliphatic heterocycles. The Kier molecular flexibility index (Phi) is 4.34. The van der Waals surface area contributed by atoms with Gasteiger partial charge in [-0.15, -0.1) is 0 Å². The van der Waals surface area contributed by atoms with Crippen molar-refractivity contribution in [3.8, 4) is 0 Å². The van der Waals surface area contributed by atoms with E-state index in [1.807, 2.05) is 20.8 Å². The van der Waals surface area contributed by atoms with Crippen molar-refractivity contribution in [3.05, 3.63) is 29.6 Å². The molecule has 1 unspecified atom stereocenters. The molecular formula is C12H17F3N2O. The third-order valence-electron chi connectivity index (χ3n) is 2.25. The molecule has 0 spiro atoms. The lowest BCUT2D eigenvalue weighted by Gasteiger charge is -2.24. The van der Waals surface area contributed by atoms with E-state index in [4.69, 9.17) is 10.5 Å². The summed E-state index contributed by atoms with van der Waals surface area (Å²) in [7, 11) is 0. The molecule has 0 bridgehead atoms. The van der Waals surface area contributed by atoms with Gasteiger partial charge in [0, 0.05) is 18.0 Å². The normalized spacial score (nSPS) is 14.6. The van der Waals surface area contributed by atoms with Crippen LogP contribution in [0.15, 0.2) is 18.5 Å². The molecule has 1 rings (SSSR count). The number of halogens is 3. The van der Waals surface area contributed by atoms with Crippen molar-refractivity contribution in [3.63, 3.8) is 0 Å². The topological polar surface area (TPSA) is 48.1 Å². The molecule has 6 heteroatoms. The first-order valence-corrected chi connectivity index (χ1v) is 5.52. The molecule has 0 saturated heterocycles. The summed E-state index contributed by atoms with van der Waals surface area (Å²) in [5, 5.41) is 0. The summed E-state index contributed by atoms with van der Waals surface area (Å²) in [6, 6.07) is 0.0706. The molecule has 18 heavy (non-hydrogen) atoms. The third-order valence-corrected chi connectivity index (χ3v) is 2.25. The maximum absolute atomic E-state index is 12.8. The SMILES string of the molecule is CC(C)(C)OCC(N)c1cnccc1C(F)(F)F. The molecule has 0 amide bonds. The summed E-state index contributed by atoms with van der Waals surface area (Å²) < 4.78 is 43.7. The Morgan fingerprint density at radius 2 is 1.94 bits per heavy atom. The van der Waals surface area contributed by atoms with E-state index in [1.165, 1.54) is 0 Å². The second kappa shape index (κ2) is 5.24. The lowest BCUT2D eigenvalue weighted by Crippen LogP contribution is -2.28. The number of rotatable bonds is 3. The number of aromatic nitrogens is 1. The molecule has 1 atom stereocenters. The highest BCUT2D eigenvalue weighted by Gasteiger charge is 2.34. The molecule has 3 nitrogen and oxygen atoms in total. The van der Waals surface area contributed by atoms with Crippen LogP contribution in [0.5, 0.6) is 0 Å². The Morgan fingerprint density at radius 3 is 2.44 bits per heavy atom. The van der Waals surface area contributed by atoms with Crippen molar-refractivity contribution >= 4 is 0 Å². The number of hydrogen-bond donors (Lipinski definition) is 1. The molecule has 0 fully saturated rings. The van der Waals surface area contributed by atoms with Gasteiger partial charge in [-0.25, -0.2) is 0 Å². The maximum Gasteiger partial charge on any atom is 0.416 e. The summed E-state index contributed by atoms with van der Waals surface area (Å²) in [6.45, 7) is 5.45. The highest BCUT2D eigenvalue weighted by molar-refractivity contribution is 5.29. The summed E-state index contributed by atoms with van der Waals surface area (Å²) in [6.07, 6.45) is -2.19. The third kappa shape index (κ3) is 4.27. The van der Waals surface area contributed by atoms with Crippen molar-refractivity contribution < 1.29 is 17.9 Å². The summed E-state index contributed by atoms with van der Waals surface area (Å²) in [4.78, 5) is 3.69. The van der Waals surface area contributed by atoms with Gasteiger partial charge in [0.2, 0.25) is 0 Å². The van der Waals surface area contributed by atoms with Gasteiger partial charge in [0.1, 0.15) is 0 Å². The van der Waals surface area contributed by atoms with Crippen LogP contribution in [0.2, 0.25) is 0 Å². The van der Waals surface area contributed by atoms with Crippen LogP contribution in [0.4, 0.5) is 13.2 Å². The predicted octanol–water partition coefficient (Wildman–Crippen LogP) is 2.92. The Morgan fingerprint density at radius 1 is 1.33 bits per heavy atom. The summed E-state index contributed by atoms with van der Waals surface area (Å²) in [5.74, 6) is 0. The lowest BCUT2D eigenvalue weighted by molar-refractivity contribution is -0.138. The fraction of sp³-hybridized carbons (Fsp3) is 0.583. The number of nitrogens with zero attached hydrogens (tertiary/aromatic N) is 1. The molecule has 2 N–H and O–H groups in total. The van der Waals surface area contributed by atoms with E-state index in [-0.39, 0.29) is 12.2 Å².